The maximum atomic E-state index is 12.6. The predicted octanol–water partition coefficient (Wildman–Crippen LogP) is 5.28. The molecule has 0 radical (unpaired) electrons. The second kappa shape index (κ2) is 6.72. The fourth-order valence-electron chi connectivity index (χ4n) is 1.98. The lowest BCUT2D eigenvalue weighted by atomic mass is 10.2. The summed E-state index contributed by atoms with van der Waals surface area (Å²) in [5.41, 5.74) is 0.921. The Kier molecular flexibility index (Phi) is 4.92. The molecule has 0 saturated carbocycles. The SMILES string of the molecule is CC(C)(C)OC(=O)N(c1ccccc1)c1ccc(C#N)c(Cl)c1. The van der Waals surface area contributed by atoms with Gasteiger partial charge in [-0.2, -0.15) is 5.26 Å². The van der Waals surface area contributed by atoms with Crippen LogP contribution in [0.4, 0.5) is 16.2 Å². The highest BCUT2D eigenvalue weighted by Gasteiger charge is 2.25. The Morgan fingerprint density at radius 3 is 2.30 bits per heavy atom. The Morgan fingerprint density at radius 2 is 1.78 bits per heavy atom. The Morgan fingerprint density at radius 1 is 1.13 bits per heavy atom. The number of anilines is 2. The molecule has 0 heterocycles. The second-order valence-electron chi connectivity index (χ2n) is 5.93. The lowest BCUT2D eigenvalue weighted by molar-refractivity contribution is 0.0599. The molecule has 4 nitrogen and oxygen atoms in total. The van der Waals surface area contributed by atoms with Gasteiger partial charge in [-0.1, -0.05) is 29.8 Å². The minimum absolute atomic E-state index is 0.287. The molecule has 2 rings (SSSR count). The molecule has 118 valence electrons. The highest BCUT2D eigenvalue weighted by atomic mass is 35.5. The van der Waals surface area contributed by atoms with Crippen molar-refractivity contribution >= 4 is 29.1 Å². The van der Waals surface area contributed by atoms with Crippen molar-refractivity contribution in [2.75, 3.05) is 4.90 Å². The number of rotatable bonds is 2. The zero-order chi connectivity index (χ0) is 17.0. The van der Waals surface area contributed by atoms with Gasteiger partial charge < -0.3 is 4.74 Å². The average molecular weight is 329 g/mol. The third kappa shape index (κ3) is 4.24. The van der Waals surface area contributed by atoms with Crippen molar-refractivity contribution in [3.8, 4) is 6.07 Å². The average Bonchev–Trinajstić information content (AvgIpc) is 2.47. The highest BCUT2D eigenvalue weighted by molar-refractivity contribution is 6.32. The summed E-state index contributed by atoms with van der Waals surface area (Å²) in [7, 11) is 0. The van der Waals surface area contributed by atoms with Crippen LogP contribution >= 0.6 is 11.6 Å². The van der Waals surface area contributed by atoms with E-state index in [0.29, 0.717) is 16.9 Å². The predicted molar refractivity (Wildman–Crippen MR) is 91.0 cm³/mol. The van der Waals surface area contributed by atoms with E-state index in [9.17, 15) is 4.79 Å². The monoisotopic (exact) mass is 328 g/mol. The first-order chi connectivity index (χ1) is 10.8. The molecule has 0 saturated heterocycles. The van der Waals surface area contributed by atoms with E-state index in [1.807, 2.05) is 24.3 Å². The molecule has 0 aliphatic rings. The summed E-state index contributed by atoms with van der Waals surface area (Å²) < 4.78 is 5.48. The van der Waals surface area contributed by atoms with Crippen molar-refractivity contribution in [1.29, 1.82) is 5.26 Å². The first kappa shape index (κ1) is 16.9. The number of nitriles is 1. The summed E-state index contributed by atoms with van der Waals surface area (Å²) in [4.78, 5) is 14.0. The van der Waals surface area contributed by atoms with Crippen molar-refractivity contribution in [2.45, 2.75) is 26.4 Å². The Hall–Kier alpha value is -2.51. The normalized spacial score (nSPS) is 10.7. The van der Waals surface area contributed by atoms with Crippen LogP contribution < -0.4 is 4.90 Å². The second-order valence-corrected chi connectivity index (χ2v) is 6.33. The first-order valence-electron chi connectivity index (χ1n) is 7.09. The number of hydrogen-bond donors (Lipinski definition) is 0. The summed E-state index contributed by atoms with van der Waals surface area (Å²) in [6, 6.07) is 16.0. The van der Waals surface area contributed by atoms with Crippen LogP contribution in [-0.2, 0) is 4.74 Å². The fraction of sp³-hybridized carbons (Fsp3) is 0.222. The molecule has 0 fully saturated rings. The van der Waals surface area contributed by atoms with Crippen LogP contribution in [0.5, 0.6) is 0 Å². The Bertz CT molecular complexity index is 746. The third-order valence-corrected chi connectivity index (χ3v) is 3.23. The van der Waals surface area contributed by atoms with Gasteiger partial charge in [0.05, 0.1) is 22.0 Å². The largest absolute Gasteiger partial charge is 0.443 e. The number of carbonyl (C=O) groups is 1. The van der Waals surface area contributed by atoms with Gasteiger partial charge in [0, 0.05) is 0 Å². The molecule has 2 aromatic carbocycles. The van der Waals surface area contributed by atoms with E-state index in [4.69, 9.17) is 21.6 Å². The van der Waals surface area contributed by atoms with Gasteiger partial charge in [-0.05, 0) is 51.1 Å². The lowest BCUT2D eigenvalue weighted by Gasteiger charge is -2.27. The van der Waals surface area contributed by atoms with Gasteiger partial charge >= 0.3 is 6.09 Å². The van der Waals surface area contributed by atoms with Crippen molar-refractivity contribution in [2.24, 2.45) is 0 Å². The summed E-state index contributed by atoms with van der Waals surface area (Å²) in [5, 5.41) is 9.27. The smallest absolute Gasteiger partial charge is 0.419 e. The minimum Gasteiger partial charge on any atom is -0.443 e. The number of hydrogen-bond acceptors (Lipinski definition) is 3. The highest BCUT2D eigenvalue weighted by Crippen LogP contribution is 2.30. The maximum absolute atomic E-state index is 12.6. The van der Waals surface area contributed by atoms with Gasteiger partial charge in [0.15, 0.2) is 0 Å². The summed E-state index contributed by atoms with van der Waals surface area (Å²) in [6.07, 6.45) is -0.510. The molecular weight excluding hydrogens is 312 g/mol. The molecule has 0 bridgehead atoms. The molecule has 0 aliphatic carbocycles. The van der Waals surface area contributed by atoms with E-state index in [2.05, 4.69) is 0 Å². The minimum atomic E-state index is -0.625. The van der Waals surface area contributed by atoms with Crippen LogP contribution in [-0.4, -0.2) is 11.7 Å². The number of para-hydroxylation sites is 1. The van der Waals surface area contributed by atoms with Gasteiger partial charge in [-0.25, -0.2) is 9.69 Å². The number of halogens is 1. The number of ether oxygens (including phenoxy) is 1. The Labute approximate surface area is 140 Å². The zero-order valence-corrected chi connectivity index (χ0v) is 14.0. The molecule has 23 heavy (non-hydrogen) atoms. The Balaban J connectivity index is 2.48. The lowest BCUT2D eigenvalue weighted by Crippen LogP contribution is -2.33. The van der Waals surface area contributed by atoms with E-state index in [1.165, 1.54) is 4.90 Å². The van der Waals surface area contributed by atoms with Crippen LogP contribution in [0, 0.1) is 11.3 Å². The van der Waals surface area contributed by atoms with E-state index in [0.717, 1.165) is 0 Å². The van der Waals surface area contributed by atoms with E-state index < -0.39 is 11.7 Å². The molecular formula is C18H17ClN2O2. The summed E-state index contributed by atoms with van der Waals surface area (Å²) in [5.74, 6) is 0. The van der Waals surface area contributed by atoms with Crippen molar-refractivity contribution in [3.05, 3.63) is 59.1 Å². The molecule has 0 atom stereocenters. The molecule has 0 aliphatic heterocycles. The van der Waals surface area contributed by atoms with Crippen LogP contribution in [0.25, 0.3) is 0 Å². The molecule has 5 heteroatoms. The van der Waals surface area contributed by atoms with Gasteiger partial charge in [-0.3, -0.25) is 0 Å². The van der Waals surface area contributed by atoms with Crippen LogP contribution in [0.3, 0.4) is 0 Å². The standard InChI is InChI=1S/C18H17ClN2O2/c1-18(2,3)23-17(22)21(14-7-5-4-6-8-14)15-10-9-13(12-20)16(19)11-15/h4-11H,1-3H3. The maximum Gasteiger partial charge on any atom is 0.419 e. The van der Waals surface area contributed by atoms with Crippen LogP contribution in [0.2, 0.25) is 5.02 Å². The summed E-state index contributed by atoms with van der Waals surface area (Å²) >= 11 is 6.10. The van der Waals surface area contributed by atoms with Crippen molar-refractivity contribution in [3.63, 3.8) is 0 Å². The van der Waals surface area contributed by atoms with Crippen molar-refractivity contribution in [1.82, 2.24) is 0 Å². The molecule has 0 aromatic heterocycles. The number of benzene rings is 2. The van der Waals surface area contributed by atoms with Gasteiger partial charge in [0.25, 0.3) is 0 Å². The number of amides is 1. The van der Waals surface area contributed by atoms with Crippen LogP contribution in [0.15, 0.2) is 48.5 Å². The molecule has 0 spiro atoms. The van der Waals surface area contributed by atoms with Gasteiger partial charge in [0.1, 0.15) is 11.7 Å². The van der Waals surface area contributed by atoms with E-state index in [-0.39, 0.29) is 5.02 Å². The number of nitrogens with zero attached hydrogens (tertiary/aromatic N) is 2. The molecule has 0 unspecified atom stereocenters. The molecule has 0 N–H and O–H groups in total. The van der Waals surface area contributed by atoms with Crippen molar-refractivity contribution < 1.29 is 9.53 Å². The topological polar surface area (TPSA) is 53.3 Å². The summed E-state index contributed by atoms with van der Waals surface area (Å²) in [6.45, 7) is 5.42. The van der Waals surface area contributed by atoms with E-state index in [1.54, 1.807) is 51.1 Å². The van der Waals surface area contributed by atoms with E-state index >= 15 is 0 Å². The third-order valence-electron chi connectivity index (χ3n) is 2.92. The number of carbonyl (C=O) groups excluding carboxylic acids is 1. The van der Waals surface area contributed by atoms with Gasteiger partial charge in [-0.15, -0.1) is 0 Å². The molecule has 2 aromatic rings. The first-order valence-corrected chi connectivity index (χ1v) is 7.47. The van der Waals surface area contributed by atoms with Crippen LogP contribution in [0.1, 0.15) is 26.3 Å². The fourth-order valence-corrected chi connectivity index (χ4v) is 2.20. The quantitative estimate of drug-likeness (QED) is 0.753. The molecule has 1 amide bonds. The zero-order valence-electron chi connectivity index (χ0n) is 13.2. The van der Waals surface area contributed by atoms with Gasteiger partial charge in [0.2, 0.25) is 0 Å².